The van der Waals surface area contributed by atoms with Gasteiger partial charge in [0.2, 0.25) is 11.8 Å². The van der Waals surface area contributed by atoms with Crippen LogP contribution in [-0.2, 0) is 39.0 Å². The molecule has 0 unspecified atom stereocenters. The van der Waals surface area contributed by atoms with Crippen LogP contribution in [0.3, 0.4) is 0 Å². The molecule has 0 aliphatic heterocycles. The summed E-state index contributed by atoms with van der Waals surface area (Å²) in [5.41, 5.74) is 3.63. The Labute approximate surface area is 293 Å². The van der Waals surface area contributed by atoms with E-state index in [4.69, 9.17) is 23.2 Å². The molecule has 5 rings (SSSR count). The maximum Gasteiger partial charge on any atom is 0.264 e. The summed E-state index contributed by atoms with van der Waals surface area (Å²) in [7, 11) is -4.19. The molecule has 1 atom stereocenters. The van der Waals surface area contributed by atoms with Crippen molar-refractivity contribution in [3.63, 3.8) is 0 Å². The third-order valence-electron chi connectivity index (χ3n) is 8.84. The largest absolute Gasteiger partial charge is 0.352 e. The first-order chi connectivity index (χ1) is 23.1. The van der Waals surface area contributed by atoms with Crippen LogP contribution in [0.1, 0.15) is 54.9 Å². The van der Waals surface area contributed by atoms with Gasteiger partial charge in [0.1, 0.15) is 12.6 Å². The van der Waals surface area contributed by atoms with E-state index in [2.05, 4.69) is 5.32 Å². The number of nitrogens with zero attached hydrogens (tertiary/aromatic N) is 2. The fourth-order valence-corrected chi connectivity index (χ4v) is 7.93. The first kappa shape index (κ1) is 35.5. The number of hydrogen-bond donors (Lipinski definition) is 1. The molecule has 1 fully saturated rings. The van der Waals surface area contributed by atoms with Crippen molar-refractivity contribution in [2.24, 2.45) is 0 Å². The number of carbonyl (C=O) groups is 2. The van der Waals surface area contributed by atoms with Crippen LogP contribution in [0, 0.1) is 6.92 Å². The predicted molar refractivity (Wildman–Crippen MR) is 193 cm³/mol. The topological polar surface area (TPSA) is 86.8 Å². The molecule has 0 radical (unpaired) electrons. The highest BCUT2D eigenvalue weighted by Gasteiger charge is 2.36. The van der Waals surface area contributed by atoms with Crippen LogP contribution in [0.2, 0.25) is 10.0 Å². The summed E-state index contributed by atoms with van der Waals surface area (Å²) in [5, 5.41) is 3.88. The smallest absolute Gasteiger partial charge is 0.264 e. The van der Waals surface area contributed by atoms with E-state index in [-0.39, 0.29) is 29.8 Å². The first-order valence-corrected chi connectivity index (χ1v) is 18.5. The van der Waals surface area contributed by atoms with Gasteiger partial charge < -0.3 is 10.2 Å². The van der Waals surface area contributed by atoms with Crippen molar-refractivity contribution in [1.29, 1.82) is 0 Å². The van der Waals surface area contributed by atoms with Gasteiger partial charge in [-0.05, 0) is 73.2 Å². The molecule has 1 aliphatic carbocycles. The maximum atomic E-state index is 14.8. The van der Waals surface area contributed by atoms with Gasteiger partial charge in [0.25, 0.3) is 10.0 Å². The maximum absolute atomic E-state index is 14.8. The van der Waals surface area contributed by atoms with Gasteiger partial charge in [0.15, 0.2) is 0 Å². The van der Waals surface area contributed by atoms with E-state index in [1.165, 1.54) is 9.21 Å². The number of amides is 2. The number of rotatable bonds is 13. The van der Waals surface area contributed by atoms with Gasteiger partial charge in [-0.25, -0.2) is 8.42 Å². The number of para-hydroxylation sites is 1. The molecule has 1 saturated carbocycles. The minimum atomic E-state index is -4.19. The highest BCUT2D eigenvalue weighted by atomic mass is 35.5. The predicted octanol–water partition coefficient (Wildman–Crippen LogP) is 7.76. The number of benzene rings is 4. The molecule has 0 saturated heterocycles. The number of aryl methyl sites for hydroxylation is 2. The number of nitrogens with one attached hydrogen (secondary N) is 1. The summed E-state index contributed by atoms with van der Waals surface area (Å²) in [6.45, 7) is 3.32. The zero-order valence-corrected chi connectivity index (χ0v) is 29.6. The molecular weight excluding hydrogens is 665 g/mol. The minimum Gasteiger partial charge on any atom is -0.352 e. The van der Waals surface area contributed by atoms with Crippen LogP contribution in [-0.4, -0.2) is 43.8 Å². The lowest BCUT2D eigenvalue weighted by Gasteiger charge is -2.34. The van der Waals surface area contributed by atoms with Gasteiger partial charge in [0.05, 0.1) is 20.6 Å². The number of carbonyl (C=O) groups excluding carboxylic acids is 2. The zero-order valence-electron chi connectivity index (χ0n) is 27.2. The van der Waals surface area contributed by atoms with Crippen LogP contribution in [0.25, 0.3) is 0 Å². The van der Waals surface area contributed by atoms with Crippen LogP contribution < -0.4 is 9.62 Å². The Balaban J connectivity index is 1.60. The Morgan fingerprint density at radius 3 is 2.19 bits per heavy atom. The van der Waals surface area contributed by atoms with Crippen molar-refractivity contribution in [3.8, 4) is 0 Å². The quantitative estimate of drug-likeness (QED) is 0.154. The Bertz CT molecular complexity index is 1830. The molecular formula is C38H41Cl2N3O4S. The average Bonchev–Trinajstić information content (AvgIpc) is 3.60. The third-order valence-corrected chi connectivity index (χ3v) is 11.4. The van der Waals surface area contributed by atoms with Crippen molar-refractivity contribution in [2.75, 3.05) is 10.8 Å². The van der Waals surface area contributed by atoms with Crippen LogP contribution in [0.5, 0.6) is 0 Å². The Kier molecular flexibility index (Phi) is 11.8. The van der Waals surface area contributed by atoms with E-state index in [9.17, 15) is 18.0 Å². The second-order valence-corrected chi connectivity index (χ2v) is 14.9. The fraction of sp³-hybridized carbons (Fsp3) is 0.316. The highest BCUT2D eigenvalue weighted by molar-refractivity contribution is 7.92. The van der Waals surface area contributed by atoms with E-state index in [1.807, 2.05) is 56.3 Å². The van der Waals surface area contributed by atoms with Crippen molar-refractivity contribution < 1.29 is 18.0 Å². The fourth-order valence-electron chi connectivity index (χ4n) is 6.16. The lowest BCUT2D eigenvalue weighted by Crippen LogP contribution is -2.54. The normalized spacial score (nSPS) is 14.0. The molecule has 252 valence electrons. The summed E-state index contributed by atoms with van der Waals surface area (Å²) in [6, 6.07) is 27.5. The third kappa shape index (κ3) is 8.59. The van der Waals surface area contributed by atoms with E-state index >= 15 is 0 Å². The van der Waals surface area contributed by atoms with Crippen LogP contribution in [0.15, 0.2) is 102 Å². The summed E-state index contributed by atoms with van der Waals surface area (Å²) < 4.78 is 29.9. The summed E-state index contributed by atoms with van der Waals surface area (Å²) in [6.07, 6.45) is 4.61. The van der Waals surface area contributed by atoms with Gasteiger partial charge in [-0.1, -0.05) is 115 Å². The van der Waals surface area contributed by atoms with Crippen molar-refractivity contribution in [1.82, 2.24) is 10.2 Å². The molecule has 1 N–H and O–H groups in total. The number of halogens is 2. The standard InChI is InChI=1S/C38H41Cl2N3O4S/c1-3-30-13-7-10-16-35(30)43(48(46,47)32-20-17-27(2)18-21-32)26-37(44)42(25-29-19-22-33(39)34(40)23-29)36(24-28-11-5-4-6-12-28)38(45)41-31-14-8-9-15-31/h4-7,10-13,16-23,31,36H,3,8-9,14-15,24-26H2,1-2H3,(H,41,45)/t36-/m0/s1. The van der Waals surface area contributed by atoms with Gasteiger partial charge in [-0.3, -0.25) is 13.9 Å². The molecule has 2 amide bonds. The molecule has 48 heavy (non-hydrogen) atoms. The van der Waals surface area contributed by atoms with E-state index in [1.54, 1.807) is 54.6 Å². The van der Waals surface area contributed by atoms with Gasteiger partial charge in [0, 0.05) is 19.0 Å². The highest BCUT2D eigenvalue weighted by Crippen LogP contribution is 2.30. The molecule has 0 heterocycles. The number of anilines is 1. The van der Waals surface area contributed by atoms with Crippen LogP contribution in [0.4, 0.5) is 5.69 Å². The molecule has 1 aliphatic rings. The number of hydrogen-bond acceptors (Lipinski definition) is 4. The molecule has 4 aromatic rings. The summed E-state index contributed by atoms with van der Waals surface area (Å²) in [4.78, 5) is 30.5. The molecule has 10 heteroatoms. The second kappa shape index (κ2) is 16.0. The lowest BCUT2D eigenvalue weighted by molar-refractivity contribution is -0.140. The SMILES string of the molecule is CCc1ccccc1N(CC(=O)N(Cc1ccc(Cl)c(Cl)c1)[C@@H](Cc1ccccc1)C(=O)NC1CCCC1)S(=O)(=O)c1ccc(C)cc1. The summed E-state index contributed by atoms with van der Waals surface area (Å²) in [5.74, 6) is -0.800. The lowest BCUT2D eigenvalue weighted by atomic mass is 10.0. The van der Waals surface area contributed by atoms with Crippen molar-refractivity contribution in [3.05, 3.63) is 129 Å². The molecule has 7 nitrogen and oxygen atoms in total. The Morgan fingerprint density at radius 1 is 0.854 bits per heavy atom. The van der Waals surface area contributed by atoms with E-state index < -0.39 is 28.5 Å². The zero-order chi connectivity index (χ0) is 34.3. The Morgan fingerprint density at radius 2 is 1.52 bits per heavy atom. The molecule has 0 bridgehead atoms. The van der Waals surface area contributed by atoms with Gasteiger partial charge >= 0.3 is 0 Å². The van der Waals surface area contributed by atoms with Crippen molar-refractivity contribution >= 4 is 50.7 Å². The van der Waals surface area contributed by atoms with Crippen molar-refractivity contribution in [2.45, 2.75) is 75.9 Å². The second-order valence-electron chi connectivity index (χ2n) is 12.3. The van der Waals surface area contributed by atoms with E-state index in [0.29, 0.717) is 27.7 Å². The minimum absolute atomic E-state index is 0.0130. The van der Waals surface area contributed by atoms with Gasteiger partial charge in [-0.15, -0.1) is 0 Å². The molecule has 0 spiro atoms. The van der Waals surface area contributed by atoms with E-state index in [0.717, 1.165) is 42.4 Å². The molecule has 0 aromatic heterocycles. The number of sulfonamides is 1. The monoisotopic (exact) mass is 705 g/mol. The summed E-state index contributed by atoms with van der Waals surface area (Å²) >= 11 is 12.6. The van der Waals surface area contributed by atoms with Crippen LogP contribution >= 0.6 is 23.2 Å². The van der Waals surface area contributed by atoms with Gasteiger partial charge in [-0.2, -0.15) is 0 Å². The average molecular weight is 707 g/mol. The molecule has 4 aromatic carbocycles. The first-order valence-electron chi connectivity index (χ1n) is 16.3. The Hall–Kier alpha value is -3.85.